The lowest BCUT2D eigenvalue weighted by molar-refractivity contribution is 0.102. The minimum Gasteiger partial charge on any atom is -0.312 e. The maximum Gasteiger partial charge on any atom is 0.259 e. The van der Waals surface area contributed by atoms with E-state index in [0.29, 0.717) is 17.0 Å². The van der Waals surface area contributed by atoms with Crippen LogP contribution in [0.15, 0.2) is 24.3 Å². The molecule has 1 aromatic carbocycles. The lowest BCUT2D eigenvalue weighted by atomic mass is 9.81. The molecule has 0 saturated carbocycles. The van der Waals surface area contributed by atoms with Crippen LogP contribution in [0.5, 0.6) is 0 Å². The molecule has 0 bridgehead atoms. The first-order valence-electron chi connectivity index (χ1n) is 8.06. The van der Waals surface area contributed by atoms with Crippen molar-refractivity contribution < 1.29 is 9.18 Å². The molecule has 0 atom stereocenters. The van der Waals surface area contributed by atoms with E-state index in [1.54, 1.807) is 6.07 Å². The predicted octanol–water partition coefficient (Wildman–Crippen LogP) is 4.17. The van der Waals surface area contributed by atoms with Crippen molar-refractivity contribution in [1.82, 2.24) is 5.32 Å². The summed E-state index contributed by atoms with van der Waals surface area (Å²) in [6, 6.07) is 8.04. The highest BCUT2D eigenvalue weighted by molar-refractivity contribution is 7.17. The van der Waals surface area contributed by atoms with Gasteiger partial charge in [-0.05, 0) is 51.8 Å². The van der Waals surface area contributed by atoms with E-state index in [4.69, 9.17) is 0 Å². The number of carbonyl (C=O) groups excluding carboxylic acids is 1. The van der Waals surface area contributed by atoms with Gasteiger partial charge in [-0.2, -0.15) is 5.26 Å². The molecule has 2 aromatic rings. The number of nitrogens with zero attached hydrogens (tertiary/aromatic N) is 1. The van der Waals surface area contributed by atoms with Crippen LogP contribution < -0.4 is 10.6 Å². The molecule has 4 nitrogen and oxygen atoms in total. The van der Waals surface area contributed by atoms with Crippen LogP contribution in [0.3, 0.4) is 0 Å². The zero-order valence-electron chi connectivity index (χ0n) is 14.7. The number of hydrogen-bond donors (Lipinski definition) is 2. The Hall–Kier alpha value is -2.23. The van der Waals surface area contributed by atoms with Gasteiger partial charge < -0.3 is 10.6 Å². The first kappa shape index (κ1) is 17.6. The van der Waals surface area contributed by atoms with Crippen LogP contribution in [0.1, 0.15) is 54.1 Å². The number of carbonyl (C=O) groups is 1. The lowest BCUT2D eigenvalue weighted by Crippen LogP contribution is -2.54. The molecule has 0 radical (unpaired) electrons. The van der Waals surface area contributed by atoms with Gasteiger partial charge in [-0.25, -0.2) is 4.39 Å². The number of halogens is 1. The number of nitrogens with one attached hydrogen (secondary N) is 2. The van der Waals surface area contributed by atoms with E-state index in [1.165, 1.54) is 29.5 Å². The van der Waals surface area contributed by atoms with E-state index in [2.05, 4.69) is 44.4 Å². The van der Waals surface area contributed by atoms with Crippen LogP contribution in [0.25, 0.3) is 0 Å². The Balaban J connectivity index is 2.02. The Morgan fingerprint density at radius 1 is 1.32 bits per heavy atom. The second kappa shape index (κ2) is 5.94. The monoisotopic (exact) mass is 357 g/mol. The fraction of sp³-hybridized carbons (Fsp3) is 0.368. The third-order valence-corrected chi connectivity index (χ3v) is 5.77. The van der Waals surface area contributed by atoms with Crippen LogP contribution in [0, 0.1) is 17.1 Å². The summed E-state index contributed by atoms with van der Waals surface area (Å²) >= 11 is 1.38. The first-order chi connectivity index (χ1) is 11.6. The van der Waals surface area contributed by atoms with Gasteiger partial charge in [-0.3, -0.25) is 4.79 Å². The lowest BCUT2D eigenvalue weighted by Gasteiger charge is -2.42. The van der Waals surface area contributed by atoms with Gasteiger partial charge in [0.05, 0.1) is 11.1 Å². The van der Waals surface area contributed by atoms with Crippen molar-refractivity contribution in [2.75, 3.05) is 5.32 Å². The Labute approximate surface area is 150 Å². The van der Waals surface area contributed by atoms with Crippen molar-refractivity contribution in [3.63, 3.8) is 0 Å². The molecule has 1 aliphatic rings. The number of amides is 1. The second-order valence-corrected chi connectivity index (χ2v) is 8.49. The molecule has 1 aromatic heterocycles. The van der Waals surface area contributed by atoms with E-state index < -0.39 is 11.7 Å². The van der Waals surface area contributed by atoms with Crippen molar-refractivity contribution in [3.8, 4) is 6.07 Å². The van der Waals surface area contributed by atoms with Crippen molar-refractivity contribution in [2.45, 2.75) is 45.2 Å². The topological polar surface area (TPSA) is 64.9 Å². The van der Waals surface area contributed by atoms with Crippen LogP contribution in [0.4, 0.5) is 9.39 Å². The number of fused-ring (bicyclic) bond motifs is 1. The fourth-order valence-electron chi connectivity index (χ4n) is 3.55. The minimum atomic E-state index is -0.581. The molecule has 1 aliphatic heterocycles. The zero-order chi connectivity index (χ0) is 18.4. The fourth-order valence-corrected chi connectivity index (χ4v) is 4.77. The molecule has 130 valence electrons. The highest BCUT2D eigenvalue weighted by Crippen LogP contribution is 2.44. The van der Waals surface area contributed by atoms with E-state index >= 15 is 0 Å². The third-order valence-electron chi connectivity index (χ3n) is 4.30. The van der Waals surface area contributed by atoms with E-state index in [-0.39, 0.29) is 16.6 Å². The molecular weight excluding hydrogens is 337 g/mol. The zero-order valence-corrected chi connectivity index (χ0v) is 15.5. The highest BCUT2D eigenvalue weighted by Gasteiger charge is 2.40. The average molecular weight is 357 g/mol. The van der Waals surface area contributed by atoms with Gasteiger partial charge in [0.1, 0.15) is 16.9 Å². The van der Waals surface area contributed by atoms with Crippen molar-refractivity contribution in [3.05, 3.63) is 51.7 Å². The Morgan fingerprint density at radius 3 is 2.64 bits per heavy atom. The smallest absolute Gasteiger partial charge is 0.259 e. The number of nitriles is 1. The molecule has 0 unspecified atom stereocenters. The molecule has 1 amide bonds. The van der Waals surface area contributed by atoms with Crippen molar-refractivity contribution in [1.29, 1.82) is 5.26 Å². The Bertz CT molecular complexity index is 893. The van der Waals surface area contributed by atoms with Crippen molar-refractivity contribution >= 4 is 22.2 Å². The SMILES string of the molecule is CC1(C)Cc2c(sc(NC(=O)c3ccccc3F)c2C#N)C(C)(C)N1. The summed E-state index contributed by atoms with van der Waals surface area (Å²) in [5.41, 5.74) is 0.942. The largest absolute Gasteiger partial charge is 0.312 e. The normalized spacial score (nSPS) is 17.4. The summed E-state index contributed by atoms with van der Waals surface area (Å²) in [6.07, 6.45) is 0.695. The molecule has 6 heteroatoms. The number of rotatable bonds is 2. The van der Waals surface area contributed by atoms with Crippen LogP contribution in [0.2, 0.25) is 0 Å². The Kier molecular flexibility index (Phi) is 4.18. The number of hydrogen-bond acceptors (Lipinski definition) is 4. The summed E-state index contributed by atoms with van der Waals surface area (Å²) in [5.74, 6) is -1.12. The van der Waals surface area contributed by atoms with Crippen LogP contribution in [-0.4, -0.2) is 11.4 Å². The molecule has 2 heterocycles. The number of thiophene rings is 1. The van der Waals surface area contributed by atoms with Gasteiger partial charge in [0, 0.05) is 16.0 Å². The number of benzene rings is 1. The minimum absolute atomic E-state index is 0.0320. The van der Waals surface area contributed by atoms with Crippen molar-refractivity contribution in [2.24, 2.45) is 0 Å². The molecule has 0 fully saturated rings. The van der Waals surface area contributed by atoms with Gasteiger partial charge in [0.2, 0.25) is 0 Å². The summed E-state index contributed by atoms with van der Waals surface area (Å²) in [5, 5.41) is 16.4. The molecule has 25 heavy (non-hydrogen) atoms. The highest BCUT2D eigenvalue weighted by atomic mass is 32.1. The summed E-state index contributed by atoms with van der Waals surface area (Å²) < 4.78 is 13.8. The summed E-state index contributed by atoms with van der Waals surface area (Å²) in [4.78, 5) is 13.5. The Morgan fingerprint density at radius 2 is 2.00 bits per heavy atom. The third kappa shape index (κ3) is 3.17. The van der Waals surface area contributed by atoms with E-state index in [9.17, 15) is 14.4 Å². The van der Waals surface area contributed by atoms with Crippen LogP contribution >= 0.6 is 11.3 Å². The molecule has 0 spiro atoms. The van der Waals surface area contributed by atoms with Gasteiger partial charge in [-0.1, -0.05) is 12.1 Å². The van der Waals surface area contributed by atoms with Gasteiger partial charge in [-0.15, -0.1) is 11.3 Å². The average Bonchev–Trinajstić information content (AvgIpc) is 2.83. The maximum absolute atomic E-state index is 13.8. The quantitative estimate of drug-likeness (QED) is 0.848. The van der Waals surface area contributed by atoms with Gasteiger partial charge >= 0.3 is 0 Å². The molecule has 3 rings (SSSR count). The summed E-state index contributed by atoms with van der Waals surface area (Å²) in [6.45, 7) is 8.31. The standard InChI is InChI=1S/C19H20FN3OS/c1-18(2)9-12-13(10-21)17(25-15(12)19(3,4)23-18)22-16(24)11-7-5-6-8-14(11)20/h5-8,23H,9H2,1-4H3,(H,22,24). The second-order valence-electron chi connectivity index (χ2n) is 7.47. The molecule has 2 N–H and O–H groups in total. The maximum atomic E-state index is 13.8. The molecular formula is C19H20FN3OS. The molecule has 0 aliphatic carbocycles. The van der Waals surface area contributed by atoms with Gasteiger partial charge in [0.25, 0.3) is 5.91 Å². The molecule has 0 saturated heterocycles. The van der Waals surface area contributed by atoms with Crippen LogP contribution in [-0.2, 0) is 12.0 Å². The van der Waals surface area contributed by atoms with Gasteiger partial charge in [0.15, 0.2) is 0 Å². The van der Waals surface area contributed by atoms with E-state index in [0.717, 1.165) is 10.4 Å². The van der Waals surface area contributed by atoms with E-state index in [1.807, 2.05) is 0 Å². The first-order valence-corrected chi connectivity index (χ1v) is 8.88. The number of anilines is 1. The predicted molar refractivity (Wildman–Crippen MR) is 97.3 cm³/mol. The summed E-state index contributed by atoms with van der Waals surface area (Å²) in [7, 11) is 0.